The summed E-state index contributed by atoms with van der Waals surface area (Å²) < 4.78 is 0. The number of ketones is 1. The van der Waals surface area contributed by atoms with Crippen LogP contribution in [0.1, 0.15) is 80.4 Å². The summed E-state index contributed by atoms with van der Waals surface area (Å²) in [5, 5.41) is 2.97. The molecule has 1 amide bonds. The van der Waals surface area contributed by atoms with E-state index in [0.717, 1.165) is 51.5 Å². The Kier molecular flexibility index (Phi) is 13.5. The van der Waals surface area contributed by atoms with Crippen molar-refractivity contribution in [3.8, 4) is 0 Å². The minimum atomic E-state index is 0. The Morgan fingerprint density at radius 1 is 0.950 bits per heavy atom. The molecule has 0 aromatic carbocycles. The topological polar surface area (TPSA) is 46.2 Å². The predicted molar refractivity (Wildman–Crippen MR) is 88.9 cm³/mol. The maximum absolute atomic E-state index is 11.5. The molecular weight excluding hydrogens is 250 g/mol. The highest BCUT2D eigenvalue weighted by Gasteiger charge is 2.00. The maximum Gasteiger partial charge on any atom is 0.219 e. The van der Waals surface area contributed by atoms with Crippen LogP contribution in [0.2, 0.25) is 0 Å². The zero-order valence-corrected chi connectivity index (χ0v) is 13.1. The van der Waals surface area contributed by atoms with E-state index in [-0.39, 0.29) is 14.5 Å². The first kappa shape index (κ1) is 18.9. The van der Waals surface area contributed by atoms with Crippen LogP contribution in [0.5, 0.6) is 0 Å². The second kappa shape index (κ2) is 14.3. The molecule has 0 bridgehead atoms. The lowest BCUT2D eigenvalue weighted by molar-refractivity contribution is -0.121. The highest BCUT2D eigenvalue weighted by molar-refractivity contribution is 5.88. The van der Waals surface area contributed by atoms with Gasteiger partial charge >= 0.3 is 0 Å². The van der Waals surface area contributed by atoms with E-state index >= 15 is 0 Å². The van der Waals surface area contributed by atoms with Gasteiger partial charge in [-0.2, -0.15) is 0 Å². The second-order valence-corrected chi connectivity index (χ2v) is 5.35. The van der Waals surface area contributed by atoms with E-state index in [1.165, 1.54) is 18.9 Å². The first-order valence-electron chi connectivity index (χ1n) is 8.12. The number of hydrogen-bond acceptors (Lipinski definition) is 2. The van der Waals surface area contributed by atoms with Gasteiger partial charge in [0.1, 0.15) is 0 Å². The predicted octanol–water partition coefficient (Wildman–Crippen LogP) is 4.66. The van der Waals surface area contributed by atoms with E-state index in [1.54, 1.807) is 0 Å². The molecule has 0 unspecified atom stereocenters. The van der Waals surface area contributed by atoms with Crippen LogP contribution in [-0.4, -0.2) is 18.2 Å². The molecule has 3 nitrogen and oxygen atoms in total. The summed E-state index contributed by atoms with van der Waals surface area (Å²) in [5.41, 5.74) is 0. The summed E-state index contributed by atoms with van der Waals surface area (Å²) in [6.45, 7) is 6.42. The van der Waals surface area contributed by atoms with Crippen molar-refractivity contribution in [2.45, 2.75) is 77.6 Å². The van der Waals surface area contributed by atoms with Crippen LogP contribution in [0, 0.1) is 0 Å². The van der Waals surface area contributed by atoms with E-state index < -0.39 is 0 Å². The number of unbranched alkanes of at least 4 members (excludes halogenated alkanes) is 7. The van der Waals surface area contributed by atoms with Gasteiger partial charge in [-0.1, -0.05) is 52.0 Å². The van der Waals surface area contributed by atoms with Gasteiger partial charge in [-0.3, -0.25) is 9.59 Å². The Morgan fingerprint density at radius 2 is 1.55 bits per heavy atom. The van der Waals surface area contributed by atoms with Crippen LogP contribution in [0.25, 0.3) is 0 Å². The molecule has 0 saturated heterocycles. The molecule has 0 aromatic heterocycles. The third kappa shape index (κ3) is 13.3. The molecule has 0 aliphatic rings. The quantitative estimate of drug-likeness (QED) is 0.372. The first-order valence-corrected chi connectivity index (χ1v) is 8.12. The molecule has 0 aliphatic carbocycles. The van der Waals surface area contributed by atoms with E-state index in [0.29, 0.717) is 12.8 Å². The van der Waals surface area contributed by atoms with Gasteiger partial charge in [0, 0.05) is 22.2 Å². The Hall–Kier alpha value is -1.12. The van der Waals surface area contributed by atoms with E-state index in [2.05, 4.69) is 18.8 Å². The van der Waals surface area contributed by atoms with Crippen molar-refractivity contribution in [1.29, 1.82) is 0 Å². The monoisotopic (exact) mass is 285 g/mol. The molecular formula is C17H35NO2. The van der Waals surface area contributed by atoms with Gasteiger partial charge in [-0.25, -0.2) is 0 Å². The number of hydrogen-bond donors (Lipinski definition) is 1. The Balaban J connectivity index is -0.00000180. The first-order chi connectivity index (χ1) is 9.70. The molecule has 0 radical (unpaired) electrons. The van der Waals surface area contributed by atoms with Gasteiger partial charge in [0.15, 0.2) is 5.78 Å². The number of carbonyl (C=O) groups is 2. The van der Waals surface area contributed by atoms with Crippen molar-refractivity contribution in [2.75, 3.05) is 6.54 Å². The van der Waals surface area contributed by atoms with E-state index in [1.807, 2.05) is 0 Å². The van der Waals surface area contributed by atoms with Gasteiger partial charge in [-0.05, 0) is 25.3 Å². The van der Waals surface area contributed by atoms with Gasteiger partial charge in [-0.15, -0.1) is 0 Å². The summed E-state index contributed by atoms with van der Waals surface area (Å²) in [5.74, 6) is 0.331. The number of amides is 1. The van der Waals surface area contributed by atoms with Gasteiger partial charge in [0.2, 0.25) is 5.91 Å². The average Bonchev–Trinajstić information content (AvgIpc) is 2.46. The lowest BCUT2D eigenvalue weighted by atomic mass is 10.1. The molecule has 0 fully saturated rings. The smallest absolute Gasteiger partial charge is 0.219 e. The van der Waals surface area contributed by atoms with Crippen LogP contribution in [0.4, 0.5) is 0 Å². The van der Waals surface area contributed by atoms with Crippen molar-refractivity contribution >= 4 is 11.7 Å². The molecule has 1 N–H and O–H groups in total. The van der Waals surface area contributed by atoms with Crippen LogP contribution in [0.3, 0.4) is 0 Å². The van der Waals surface area contributed by atoms with Crippen molar-refractivity contribution in [3.05, 3.63) is 12.7 Å². The number of carbonyl (C=O) groups excluding carboxylic acids is 2. The SMILES string of the molecule is C=CC(=O)CCCCCCCNC(=O)CCCCCC.[HH].[HH]. The molecule has 0 saturated carbocycles. The normalized spacial score (nSPS) is 10.2. The minimum absolute atomic E-state index is 0. The molecule has 3 heteroatoms. The fourth-order valence-corrected chi connectivity index (χ4v) is 2.09. The Morgan fingerprint density at radius 3 is 2.25 bits per heavy atom. The minimum Gasteiger partial charge on any atom is -0.356 e. The summed E-state index contributed by atoms with van der Waals surface area (Å²) >= 11 is 0. The molecule has 0 aliphatic heterocycles. The summed E-state index contributed by atoms with van der Waals surface area (Å²) in [4.78, 5) is 22.5. The Labute approximate surface area is 127 Å². The molecule has 0 spiro atoms. The number of allylic oxidation sites excluding steroid dienone is 1. The zero-order chi connectivity index (χ0) is 15.1. The molecule has 120 valence electrons. The van der Waals surface area contributed by atoms with Crippen molar-refractivity contribution in [3.63, 3.8) is 0 Å². The third-order valence-electron chi connectivity index (χ3n) is 3.41. The van der Waals surface area contributed by atoms with Crippen LogP contribution in [-0.2, 0) is 9.59 Å². The molecule has 0 heterocycles. The van der Waals surface area contributed by atoms with Crippen molar-refractivity contribution in [2.24, 2.45) is 0 Å². The lowest BCUT2D eigenvalue weighted by Gasteiger charge is -2.05. The van der Waals surface area contributed by atoms with Crippen LogP contribution < -0.4 is 5.32 Å². The molecule has 0 aromatic rings. The highest BCUT2D eigenvalue weighted by Crippen LogP contribution is 2.06. The molecule has 0 rings (SSSR count). The number of nitrogens with one attached hydrogen (secondary N) is 1. The maximum atomic E-state index is 11.5. The van der Waals surface area contributed by atoms with Gasteiger partial charge in [0.05, 0.1) is 0 Å². The van der Waals surface area contributed by atoms with Gasteiger partial charge in [0.25, 0.3) is 0 Å². The third-order valence-corrected chi connectivity index (χ3v) is 3.41. The average molecular weight is 285 g/mol. The van der Waals surface area contributed by atoms with Gasteiger partial charge < -0.3 is 5.32 Å². The summed E-state index contributed by atoms with van der Waals surface area (Å²) in [6.07, 6.45) is 12.6. The molecule has 0 atom stereocenters. The lowest BCUT2D eigenvalue weighted by Crippen LogP contribution is -2.23. The van der Waals surface area contributed by atoms with E-state index in [9.17, 15) is 9.59 Å². The summed E-state index contributed by atoms with van der Waals surface area (Å²) in [7, 11) is 0. The summed E-state index contributed by atoms with van der Waals surface area (Å²) in [6, 6.07) is 0. The molecule has 20 heavy (non-hydrogen) atoms. The van der Waals surface area contributed by atoms with E-state index in [4.69, 9.17) is 0 Å². The fraction of sp³-hybridized carbons (Fsp3) is 0.765. The van der Waals surface area contributed by atoms with Crippen molar-refractivity contribution < 1.29 is 12.4 Å². The largest absolute Gasteiger partial charge is 0.356 e. The standard InChI is InChI=1S/C17H31NO2.2H2/c1-3-5-6-11-14-17(20)18-15-12-9-7-8-10-13-16(19)4-2;;/h4H,2-3,5-15H2,1H3,(H,18,20);2*1H. The van der Waals surface area contributed by atoms with Crippen molar-refractivity contribution in [1.82, 2.24) is 5.32 Å². The number of rotatable bonds is 14. The zero-order valence-electron chi connectivity index (χ0n) is 13.1. The highest BCUT2D eigenvalue weighted by atomic mass is 16.1. The Bertz CT molecular complexity index is 284. The second-order valence-electron chi connectivity index (χ2n) is 5.35. The van der Waals surface area contributed by atoms with Crippen LogP contribution >= 0.6 is 0 Å². The van der Waals surface area contributed by atoms with Crippen LogP contribution in [0.15, 0.2) is 12.7 Å². The fourth-order valence-electron chi connectivity index (χ4n) is 2.09.